The van der Waals surface area contributed by atoms with E-state index in [-0.39, 0.29) is 12.5 Å². The molecular weight excluding hydrogens is 300 g/mol. The van der Waals surface area contributed by atoms with E-state index >= 15 is 0 Å². The summed E-state index contributed by atoms with van der Waals surface area (Å²) in [5.74, 6) is 0.371. The van der Waals surface area contributed by atoms with Crippen molar-refractivity contribution in [3.63, 3.8) is 0 Å². The van der Waals surface area contributed by atoms with Crippen molar-refractivity contribution in [1.29, 1.82) is 0 Å². The number of esters is 1. The van der Waals surface area contributed by atoms with Gasteiger partial charge in [-0.3, -0.25) is 0 Å². The molecule has 0 N–H and O–H groups in total. The van der Waals surface area contributed by atoms with Gasteiger partial charge in [0.25, 0.3) is 5.89 Å². The smallest absolute Gasteiger partial charge is 0.339 e. The first-order valence-electron chi connectivity index (χ1n) is 6.87. The number of hydrogen-bond acceptors (Lipinski definition) is 6. The normalized spacial score (nSPS) is 10.6. The summed E-state index contributed by atoms with van der Waals surface area (Å²) in [5, 5.41) is 7.46. The number of benzene rings is 1. The molecule has 0 saturated heterocycles. The first-order chi connectivity index (χ1) is 10.8. The number of thiophene rings is 1. The highest BCUT2D eigenvalue weighted by Crippen LogP contribution is 2.17. The topological polar surface area (TPSA) is 65.2 Å². The minimum absolute atomic E-state index is 0.0330. The maximum absolute atomic E-state index is 11.7. The van der Waals surface area contributed by atoms with Crippen molar-refractivity contribution < 1.29 is 14.1 Å². The van der Waals surface area contributed by atoms with E-state index in [1.54, 1.807) is 11.4 Å². The number of aromatic nitrogens is 2. The number of ether oxygens (including phenoxy) is 1. The van der Waals surface area contributed by atoms with E-state index in [9.17, 15) is 4.79 Å². The van der Waals surface area contributed by atoms with Crippen LogP contribution >= 0.6 is 11.3 Å². The summed E-state index contributed by atoms with van der Waals surface area (Å²) in [6.45, 7) is 2.07. The third kappa shape index (κ3) is 3.23. The van der Waals surface area contributed by atoms with Gasteiger partial charge in [0.15, 0.2) is 6.61 Å². The monoisotopic (exact) mass is 314 g/mol. The molecule has 0 bridgehead atoms. The lowest BCUT2D eigenvalue weighted by molar-refractivity contribution is 0.0430. The third-order valence-electron chi connectivity index (χ3n) is 3.17. The lowest BCUT2D eigenvalue weighted by atomic mass is 10.1. The Balaban J connectivity index is 1.64. The zero-order chi connectivity index (χ0) is 15.4. The molecule has 2 aromatic heterocycles. The molecule has 0 amide bonds. The molecule has 0 aliphatic heterocycles. The van der Waals surface area contributed by atoms with Crippen LogP contribution in [0.2, 0.25) is 0 Å². The van der Waals surface area contributed by atoms with Crippen LogP contribution in [0.15, 0.2) is 45.6 Å². The summed E-state index contributed by atoms with van der Waals surface area (Å²) in [5.41, 5.74) is 2.65. The summed E-state index contributed by atoms with van der Waals surface area (Å²) in [6.07, 6.45) is 0.982. The van der Waals surface area contributed by atoms with Crippen molar-refractivity contribution >= 4 is 17.3 Å². The summed E-state index contributed by atoms with van der Waals surface area (Å²) < 4.78 is 10.2. The molecule has 0 spiro atoms. The van der Waals surface area contributed by atoms with E-state index in [2.05, 4.69) is 17.1 Å². The van der Waals surface area contributed by atoms with Gasteiger partial charge in [0.2, 0.25) is 5.82 Å². The summed E-state index contributed by atoms with van der Waals surface area (Å²) in [6, 6.07) is 9.67. The number of carbonyl (C=O) groups excluding carboxylic acids is 1. The lowest BCUT2D eigenvalue weighted by Gasteiger charge is -1.98. The minimum Gasteiger partial charge on any atom is -0.452 e. The van der Waals surface area contributed by atoms with Crippen LogP contribution in [0.3, 0.4) is 0 Å². The van der Waals surface area contributed by atoms with Gasteiger partial charge in [-0.15, -0.1) is 0 Å². The van der Waals surface area contributed by atoms with E-state index in [0.717, 1.165) is 12.0 Å². The molecule has 112 valence electrons. The Morgan fingerprint density at radius 2 is 2.09 bits per heavy atom. The second kappa shape index (κ2) is 6.53. The first kappa shape index (κ1) is 14.5. The van der Waals surface area contributed by atoms with E-state index in [4.69, 9.17) is 9.26 Å². The van der Waals surface area contributed by atoms with Gasteiger partial charge in [0, 0.05) is 10.9 Å². The van der Waals surface area contributed by atoms with Gasteiger partial charge in [-0.2, -0.15) is 16.3 Å². The zero-order valence-electron chi connectivity index (χ0n) is 12.0. The van der Waals surface area contributed by atoms with Gasteiger partial charge in [-0.1, -0.05) is 36.3 Å². The molecule has 2 heterocycles. The van der Waals surface area contributed by atoms with Crippen molar-refractivity contribution in [2.75, 3.05) is 0 Å². The fraction of sp³-hybridized carbons (Fsp3) is 0.188. The predicted octanol–water partition coefficient (Wildman–Crippen LogP) is 3.72. The van der Waals surface area contributed by atoms with Gasteiger partial charge < -0.3 is 9.26 Å². The highest BCUT2D eigenvalue weighted by molar-refractivity contribution is 7.08. The second-order valence-corrected chi connectivity index (χ2v) is 5.43. The predicted molar refractivity (Wildman–Crippen MR) is 82.6 cm³/mol. The Morgan fingerprint density at radius 1 is 1.27 bits per heavy atom. The molecule has 0 saturated carbocycles. The quantitative estimate of drug-likeness (QED) is 0.672. The van der Waals surface area contributed by atoms with Gasteiger partial charge in [-0.25, -0.2) is 4.79 Å². The van der Waals surface area contributed by atoms with Crippen LogP contribution in [0.4, 0.5) is 0 Å². The molecule has 0 unspecified atom stereocenters. The Hall–Kier alpha value is -2.47. The van der Waals surface area contributed by atoms with E-state index in [0.29, 0.717) is 11.4 Å². The molecule has 3 aromatic rings. The standard InChI is InChI=1S/C16H14N2O3S/c1-2-11-3-5-12(6-4-11)15-17-14(21-18-15)9-20-16(19)13-7-8-22-10-13/h3-8,10H,2,9H2,1H3. The van der Waals surface area contributed by atoms with Crippen LogP contribution in [0.5, 0.6) is 0 Å². The number of carbonyl (C=O) groups is 1. The first-order valence-corrected chi connectivity index (χ1v) is 7.81. The Kier molecular flexibility index (Phi) is 4.29. The largest absolute Gasteiger partial charge is 0.452 e. The fourth-order valence-electron chi connectivity index (χ4n) is 1.91. The van der Waals surface area contributed by atoms with Crippen LogP contribution in [-0.4, -0.2) is 16.1 Å². The molecule has 0 aliphatic rings. The molecule has 0 atom stereocenters. The SMILES string of the molecule is CCc1ccc(-c2noc(COC(=O)c3ccsc3)n2)cc1. The van der Waals surface area contributed by atoms with Crippen molar-refractivity contribution in [2.24, 2.45) is 0 Å². The maximum Gasteiger partial charge on any atom is 0.339 e. The number of nitrogens with zero attached hydrogens (tertiary/aromatic N) is 2. The molecular formula is C16H14N2O3S. The van der Waals surface area contributed by atoms with Crippen LogP contribution in [0, 0.1) is 0 Å². The van der Waals surface area contributed by atoms with Crippen LogP contribution in [0.25, 0.3) is 11.4 Å². The molecule has 6 heteroatoms. The molecule has 3 rings (SSSR count). The van der Waals surface area contributed by atoms with E-state index in [1.165, 1.54) is 16.9 Å². The molecule has 1 aromatic carbocycles. The lowest BCUT2D eigenvalue weighted by Crippen LogP contribution is -2.03. The fourth-order valence-corrected chi connectivity index (χ4v) is 2.54. The summed E-state index contributed by atoms with van der Waals surface area (Å²) in [7, 11) is 0. The molecule has 5 nitrogen and oxygen atoms in total. The van der Waals surface area contributed by atoms with Crippen LogP contribution in [-0.2, 0) is 17.8 Å². The molecule has 0 radical (unpaired) electrons. The van der Waals surface area contributed by atoms with Crippen molar-refractivity contribution in [3.8, 4) is 11.4 Å². The number of hydrogen-bond donors (Lipinski definition) is 0. The molecule has 22 heavy (non-hydrogen) atoms. The van der Waals surface area contributed by atoms with Crippen molar-refractivity contribution in [1.82, 2.24) is 10.1 Å². The maximum atomic E-state index is 11.7. The van der Waals surface area contributed by atoms with Crippen molar-refractivity contribution in [3.05, 3.63) is 58.1 Å². The zero-order valence-corrected chi connectivity index (χ0v) is 12.8. The Labute approximate surface area is 131 Å². The molecule has 0 aliphatic carbocycles. The van der Waals surface area contributed by atoms with Crippen LogP contribution < -0.4 is 0 Å². The van der Waals surface area contributed by atoms with Crippen molar-refractivity contribution in [2.45, 2.75) is 20.0 Å². The molecule has 0 fully saturated rings. The number of aryl methyl sites for hydroxylation is 1. The van der Waals surface area contributed by atoms with E-state index < -0.39 is 5.97 Å². The Bertz CT molecular complexity index is 748. The Morgan fingerprint density at radius 3 is 2.77 bits per heavy atom. The van der Waals surface area contributed by atoms with Gasteiger partial charge in [-0.05, 0) is 23.4 Å². The average Bonchev–Trinajstić information content (AvgIpc) is 3.24. The highest BCUT2D eigenvalue weighted by atomic mass is 32.1. The second-order valence-electron chi connectivity index (χ2n) is 4.65. The highest BCUT2D eigenvalue weighted by Gasteiger charge is 2.12. The van der Waals surface area contributed by atoms with Gasteiger partial charge >= 0.3 is 5.97 Å². The van der Waals surface area contributed by atoms with Crippen LogP contribution in [0.1, 0.15) is 28.7 Å². The van der Waals surface area contributed by atoms with Gasteiger partial charge in [0.1, 0.15) is 0 Å². The minimum atomic E-state index is -0.395. The van der Waals surface area contributed by atoms with Gasteiger partial charge in [0.05, 0.1) is 5.56 Å². The van der Waals surface area contributed by atoms with E-state index in [1.807, 2.05) is 29.6 Å². The summed E-state index contributed by atoms with van der Waals surface area (Å²) >= 11 is 1.44. The third-order valence-corrected chi connectivity index (χ3v) is 3.86. The summed E-state index contributed by atoms with van der Waals surface area (Å²) in [4.78, 5) is 16.0. The number of rotatable bonds is 5. The average molecular weight is 314 g/mol.